The molecule has 2 aromatic rings. The number of benzene rings is 1. The van der Waals surface area contributed by atoms with E-state index in [1.807, 2.05) is 0 Å². The number of hydrogen-bond acceptors (Lipinski definition) is 2. The number of hydrogen-bond donors (Lipinski definition) is 0. The van der Waals surface area contributed by atoms with Crippen molar-refractivity contribution in [3.63, 3.8) is 0 Å². The van der Waals surface area contributed by atoms with E-state index in [0.717, 1.165) is 5.75 Å². The van der Waals surface area contributed by atoms with Crippen LogP contribution in [-0.4, -0.2) is 7.11 Å². The Hall–Kier alpha value is -1.02. The number of fused-ring (bicyclic) bond motifs is 1. The molecule has 0 aliphatic carbocycles. The molecule has 0 aliphatic heterocycles. The highest BCUT2D eigenvalue weighted by Gasteiger charge is 2.09. The van der Waals surface area contributed by atoms with Gasteiger partial charge in [0, 0.05) is 4.70 Å². The van der Waals surface area contributed by atoms with Gasteiger partial charge in [-0.1, -0.05) is 13.8 Å². The van der Waals surface area contributed by atoms with E-state index in [4.69, 9.17) is 4.74 Å². The van der Waals surface area contributed by atoms with E-state index < -0.39 is 0 Å². The minimum atomic E-state index is 0.509. The van der Waals surface area contributed by atoms with E-state index in [1.54, 1.807) is 18.4 Å². The molecule has 0 amide bonds. The predicted molar refractivity (Wildman–Crippen MR) is 62.5 cm³/mol. The zero-order valence-corrected chi connectivity index (χ0v) is 9.52. The summed E-state index contributed by atoms with van der Waals surface area (Å²) in [5.74, 6) is 1.52. The van der Waals surface area contributed by atoms with E-state index >= 15 is 0 Å². The summed E-state index contributed by atoms with van der Waals surface area (Å²) in [6, 6.07) is 6.52. The van der Waals surface area contributed by atoms with Gasteiger partial charge in [0.2, 0.25) is 0 Å². The fourth-order valence-electron chi connectivity index (χ4n) is 1.64. The van der Waals surface area contributed by atoms with Crippen LogP contribution in [0.1, 0.15) is 25.3 Å². The van der Waals surface area contributed by atoms with Gasteiger partial charge >= 0.3 is 0 Å². The molecule has 0 saturated carbocycles. The van der Waals surface area contributed by atoms with Crippen LogP contribution in [-0.2, 0) is 0 Å². The van der Waals surface area contributed by atoms with E-state index in [0.29, 0.717) is 5.92 Å². The van der Waals surface area contributed by atoms with Crippen molar-refractivity contribution >= 4 is 21.4 Å². The van der Waals surface area contributed by atoms with Gasteiger partial charge in [0.05, 0.1) is 7.11 Å². The fraction of sp³-hybridized carbons (Fsp3) is 0.333. The molecule has 1 aromatic carbocycles. The molecule has 0 saturated heterocycles. The lowest BCUT2D eigenvalue weighted by atomic mass is 10.0. The van der Waals surface area contributed by atoms with Crippen LogP contribution < -0.4 is 4.74 Å². The molecule has 0 aliphatic rings. The van der Waals surface area contributed by atoms with Crippen LogP contribution in [0.3, 0.4) is 0 Å². The van der Waals surface area contributed by atoms with Crippen molar-refractivity contribution in [3.8, 4) is 5.75 Å². The average molecular weight is 206 g/mol. The molecule has 74 valence electrons. The van der Waals surface area contributed by atoms with Gasteiger partial charge in [-0.2, -0.15) is 0 Å². The third-order valence-corrected chi connectivity index (χ3v) is 3.31. The second kappa shape index (κ2) is 3.62. The van der Waals surface area contributed by atoms with Crippen molar-refractivity contribution in [2.24, 2.45) is 0 Å². The maximum Gasteiger partial charge on any atom is 0.123 e. The second-order valence-electron chi connectivity index (χ2n) is 3.71. The van der Waals surface area contributed by atoms with Crippen LogP contribution in [0.4, 0.5) is 0 Å². The molecule has 1 aromatic heterocycles. The first-order chi connectivity index (χ1) is 6.72. The largest absolute Gasteiger partial charge is 0.496 e. The number of thiophene rings is 1. The Morgan fingerprint density at radius 1 is 1.29 bits per heavy atom. The molecule has 0 atom stereocenters. The van der Waals surface area contributed by atoms with E-state index in [2.05, 4.69) is 37.4 Å². The Kier molecular flexibility index (Phi) is 2.46. The van der Waals surface area contributed by atoms with Gasteiger partial charge in [-0.15, -0.1) is 11.3 Å². The summed E-state index contributed by atoms with van der Waals surface area (Å²) in [5.41, 5.74) is 1.29. The topological polar surface area (TPSA) is 9.23 Å². The van der Waals surface area contributed by atoms with Crippen LogP contribution in [0.15, 0.2) is 23.6 Å². The number of methoxy groups -OCH3 is 1. The highest BCUT2D eigenvalue weighted by molar-refractivity contribution is 7.17. The van der Waals surface area contributed by atoms with Crippen molar-refractivity contribution in [1.82, 2.24) is 0 Å². The lowest BCUT2D eigenvalue weighted by molar-refractivity contribution is 0.408. The van der Waals surface area contributed by atoms with E-state index in [1.165, 1.54) is 15.6 Å². The minimum Gasteiger partial charge on any atom is -0.496 e. The summed E-state index contributed by atoms with van der Waals surface area (Å²) in [5, 5.41) is 3.44. The lowest BCUT2D eigenvalue weighted by Gasteiger charge is -2.11. The molecular formula is C12H14OS. The summed E-state index contributed by atoms with van der Waals surface area (Å²) in [6.07, 6.45) is 0. The SMILES string of the molecule is COc1cc2sccc2cc1C(C)C. The zero-order valence-electron chi connectivity index (χ0n) is 8.70. The Bertz CT molecular complexity index is 443. The van der Waals surface area contributed by atoms with Crippen molar-refractivity contribution in [1.29, 1.82) is 0 Å². The Labute approximate surface area is 88.3 Å². The maximum atomic E-state index is 5.39. The first-order valence-corrected chi connectivity index (χ1v) is 5.65. The van der Waals surface area contributed by atoms with Crippen molar-refractivity contribution in [3.05, 3.63) is 29.1 Å². The monoisotopic (exact) mass is 206 g/mol. The van der Waals surface area contributed by atoms with Gasteiger partial charge in [-0.25, -0.2) is 0 Å². The molecule has 0 radical (unpaired) electrons. The van der Waals surface area contributed by atoms with Crippen LogP contribution in [0.2, 0.25) is 0 Å². The predicted octanol–water partition coefficient (Wildman–Crippen LogP) is 4.03. The van der Waals surface area contributed by atoms with Crippen molar-refractivity contribution in [2.75, 3.05) is 7.11 Å². The zero-order chi connectivity index (χ0) is 10.1. The normalized spacial score (nSPS) is 11.1. The molecule has 0 N–H and O–H groups in total. The average Bonchev–Trinajstić information content (AvgIpc) is 2.62. The number of rotatable bonds is 2. The Morgan fingerprint density at radius 2 is 2.07 bits per heavy atom. The van der Waals surface area contributed by atoms with Crippen LogP contribution in [0, 0.1) is 0 Å². The van der Waals surface area contributed by atoms with Crippen molar-refractivity contribution < 1.29 is 4.74 Å². The molecule has 0 unspecified atom stereocenters. The molecule has 1 nitrogen and oxygen atoms in total. The van der Waals surface area contributed by atoms with Gasteiger partial charge in [0.1, 0.15) is 5.75 Å². The molecule has 1 heterocycles. The summed E-state index contributed by atoms with van der Waals surface area (Å²) in [7, 11) is 1.74. The summed E-state index contributed by atoms with van der Waals surface area (Å²) in [4.78, 5) is 0. The second-order valence-corrected chi connectivity index (χ2v) is 4.65. The molecule has 0 bridgehead atoms. The number of ether oxygens (including phenoxy) is 1. The lowest BCUT2D eigenvalue weighted by Crippen LogP contribution is -1.93. The maximum absolute atomic E-state index is 5.39. The minimum absolute atomic E-state index is 0.509. The standard InChI is InChI=1S/C12H14OS/c1-8(2)10-6-9-4-5-14-12(9)7-11(10)13-3/h4-8H,1-3H3. The van der Waals surface area contributed by atoms with E-state index in [-0.39, 0.29) is 0 Å². The van der Waals surface area contributed by atoms with Crippen molar-refractivity contribution in [2.45, 2.75) is 19.8 Å². The first kappa shape index (κ1) is 9.53. The summed E-state index contributed by atoms with van der Waals surface area (Å²) >= 11 is 1.76. The van der Waals surface area contributed by atoms with Crippen LogP contribution >= 0.6 is 11.3 Å². The quantitative estimate of drug-likeness (QED) is 0.720. The molecular weight excluding hydrogens is 192 g/mol. The Morgan fingerprint density at radius 3 is 2.71 bits per heavy atom. The highest BCUT2D eigenvalue weighted by atomic mass is 32.1. The van der Waals surface area contributed by atoms with Crippen LogP contribution in [0.5, 0.6) is 5.75 Å². The smallest absolute Gasteiger partial charge is 0.123 e. The molecule has 14 heavy (non-hydrogen) atoms. The molecule has 2 heteroatoms. The van der Waals surface area contributed by atoms with Gasteiger partial charge in [-0.05, 0) is 40.4 Å². The summed E-state index contributed by atoms with van der Waals surface area (Å²) in [6.45, 7) is 4.38. The van der Waals surface area contributed by atoms with E-state index in [9.17, 15) is 0 Å². The third-order valence-electron chi connectivity index (χ3n) is 2.43. The molecule has 0 fully saturated rings. The van der Waals surface area contributed by atoms with Gasteiger partial charge in [-0.3, -0.25) is 0 Å². The van der Waals surface area contributed by atoms with Crippen LogP contribution in [0.25, 0.3) is 10.1 Å². The van der Waals surface area contributed by atoms with Gasteiger partial charge in [0.15, 0.2) is 0 Å². The highest BCUT2D eigenvalue weighted by Crippen LogP contribution is 2.33. The molecule has 2 rings (SSSR count). The molecule has 0 spiro atoms. The van der Waals surface area contributed by atoms with Gasteiger partial charge < -0.3 is 4.74 Å². The summed E-state index contributed by atoms with van der Waals surface area (Å²) < 4.78 is 6.69. The third kappa shape index (κ3) is 1.50. The first-order valence-electron chi connectivity index (χ1n) is 4.77. The fourth-order valence-corrected chi connectivity index (χ4v) is 2.44. The Balaban J connectivity index is 2.66. The van der Waals surface area contributed by atoms with Gasteiger partial charge in [0.25, 0.3) is 0 Å².